The zero-order valence-electron chi connectivity index (χ0n) is 16.7. The summed E-state index contributed by atoms with van der Waals surface area (Å²) in [5.74, 6) is 0.106. The smallest absolute Gasteiger partial charge is 0.266 e. The molecular formula is C22H15ClN6O2S. The van der Waals surface area contributed by atoms with Crippen LogP contribution in [0.25, 0.3) is 27.7 Å². The van der Waals surface area contributed by atoms with Crippen LogP contribution in [0.5, 0.6) is 0 Å². The molecule has 0 atom stereocenters. The molecule has 0 saturated carbocycles. The number of fused-ring (bicyclic) bond motifs is 1. The minimum Gasteiger partial charge on any atom is -0.329 e. The number of amides is 1. The lowest BCUT2D eigenvalue weighted by Crippen LogP contribution is -2.12. The van der Waals surface area contributed by atoms with E-state index in [9.17, 15) is 9.59 Å². The molecule has 0 spiro atoms. The average Bonchev–Trinajstić information content (AvgIpc) is 3.44. The van der Waals surface area contributed by atoms with Crippen LogP contribution in [-0.4, -0.2) is 30.9 Å². The van der Waals surface area contributed by atoms with E-state index in [-0.39, 0.29) is 11.5 Å². The van der Waals surface area contributed by atoms with Crippen molar-refractivity contribution in [3.8, 4) is 16.9 Å². The van der Waals surface area contributed by atoms with Crippen LogP contribution >= 0.6 is 22.9 Å². The van der Waals surface area contributed by atoms with Gasteiger partial charge in [0.25, 0.3) is 11.5 Å². The highest BCUT2D eigenvalue weighted by molar-refractivity contribution is 7.12. The molecule has 1 aromatic carbocycles. The SMILES string of the molecule is Cc1c(-c2cccc3c(=O)[nH]ccc23)csc1C(=O)Nc1cnc(-n2nccn2)c(Cl)c1. The molecule has 4 heterocycles. The summed E-state index contributed by atoms with van der Waals surface area (Å²) in [5.41, 5.74) is 2.96. The zero-order chi connectivity index (χ0) is 22.2. The van der Waals surface area contributed by atoms with E-state index in [0.717, 1.165) is 22.1 Å². The number of hydrogen-bond donors (Lipinski definition) is 2. The van der Waals surface area contributed by atoms with Gasteiger partial charge in [0.2, 0.25) is 0 Å². The highest BCUT2D eigenvalue weighted by atomic mass is 35.5. The van der Waals surface area contributed by atoms with Crippen molar-refractivity contribution < 1.29 is 4.79 Å². The quantitative estimate of drug-likeness (QED) is 0.410. The first-order valence-electron chi connectivity index (χ1n) is 9.55. The van der Waals surface area contributed by atoms with Crippen molar-refractivity contribution in [1.29, 1.82) is 0 Å². The number of rotatable bonds is 4. The predicted molar refractivity (Wildman–Crippen MR) is 125 cm³/mol. The van der Waals surface area contributed by atoms with Gasteiger partial charge in [0.1, 0.15) is 0 Å². The van der Waals surface area contributed by atoms with Gasteiger partial charge in [-0.2, -0.15) is 10.2 Å². The Kier molecular flexibility index (Phi) is 5.04. The van der Waals surface area contributed by atoms with Gasteiger partial charge in [0.15, 0.2) is 5.82 Å². The van der Waals surface area contributed by atoms with Crippen LogP contribution in [0.4, 0.5) is 5.69 Å². The topological polar surface area (TPSA) is 106 Å². The fourth-order valence-electron chi connectivity index (χ4n) is 3.52. The van der Waals surface area contributed by atoms with Crippen molar-refractivity contribution in [3.63, 3.8) is 0 Å². The second-order valence-corrected chi connectivity index (χ2v) is 8.27. The number of nitrogens with zero attached hydrogens (tertiary/aromatic N) is 4. The highest BCUT2D eigenvalue weighted by Gasteiger charge is 2.18. The molecule has 5 aromatic rings. The molecule has 0 radical (unpaired) electrons. The Hall–Kier alpha value is -3.82. The number of thiophene rings is 1. The normalized spacial score (nSPS) is 11.1. The number of carbonyl (C=O) groups excluding carboxylic acids is 1. The van der Waals surface area contributed by atoms with Crippen LogP contribution in [0.2, 0.25) is 5.02 Å². The fourth-order valence-corrected chi connectivity index (χ4v) is 4.75. The number of benzene rings is 1. The molecule has 0 aliphatic heterocycles. The maximum Gasteiger partial charge on any atom is 0.266 e. The van der Waals surface area contributed by atoms with E-state index in [4.69, 9.17) is 11.6 Å². The average molecular weight is 463 g/mol. The maximum atomic E-state index is 13.0. The number of halogens is 1. The third-order valence-electron chi connectivity index (χ3n) is 5.04. The van der Waals surface area contributed by atoms with E-state index >= 15 is 0 Å². The molecule has 1 amide bonds. The van der Waals surface area contributed by atoms with Crippen molar-refractivity contribution in [1.82, 2.24) is 25.0 Å². The van der Waals surface area contributed by atoms with Crippen LogP contribution in [0.15, 0.2) is 65.3 Å². The predicted octanol–water partition coefficient (Wildman–Crippen LogP) is 4.45. The van der Waals surface area contributed by atoms with Gasteiger partial charge in [-0.15, -0.1) is 16.1 Å². The lowest BCUT2D eigenvalue weighted by Gasteiger charge is -2.08. The molecule has 2 N–H and O–H groups in total. The molecular weight excluding hydrogens is 448 g/mol. The summed E-state index contributed by atoms with van der Waals surface area (Å²) >= 11 is 7.63. The minimum absolute atomic E-state index is 0.145. The summed E-state index contributed by atoms with van der Waals surface area (Å²) in [6.45, 7) is 1.89. The first kappa shape index (κ1) is 20.1. The number of anilines is 1. The van der Waals surface area contributed by atoms with Crippen molar-refractivity contribution in [3.05, 3.63) is 86.3 Å². The number of nitrogens with one attached hydrogen (secondary N) is 2. The third kappa shape index (κ3) is 3.47. The van der Waals surface area contributed by atoms with E-state index in [1.54, 1.807) is 18.3 Å². The van der Waals surface area contributed by atoms with Crippen LogP contribution < -0.4 is 10.9 Å². The molecule has 4 aromatic heterocycles. The van der Waals surface area contributed by atoms with Crippen molar-refractivity contribution in [2.24, 2.45) is 0 Å². The summed E-state index contributed by atoms with van der Waals surface area (Å²) in [6.07, 6.45) is 6.18. The molecule has 32 heavy (non-hydrogen) atoms. The molecule has 0 unspecified atom stereocenters. The van der Waals surface area contributed by atoms with Gasteiger partial charge < -0.3 is 10.3 Å². The number of carbonyl (C=O) groups is 1. The summed E-state index contributed by atoms with van der Waals surface area (Å²) < 4.78 is 0. The van der Waals surface area contributed by atoms with Gasteiger partial charge >= 0.3 is 0 Å². The first-order valence-corrected chi connectivity index (χ1v) is 10.8. The monoisotopic (exact) mass is 462 g/mol. The third-order valence-corrected chi connectivity index (χ3v) is 6.40. The van der Waals surface area contributed by atoms with E-state index in [0.29, 0.717) is 26.8 Å². The van der Waals surface area contributed by atoms with Gasteiger partial charge in [-0.1, -0.05) is 23.7 Å². The van der Waals surface area contributed by atoms with E-state index in [1.165, 1.54) is 34.7 Å². The summed E-state index contributed by atoms with van der Waals surface area (Å²) in [4.78, 5) is 33.9. The molecule has 8 nitrogen and oxygen atoms in total. The second kappa shape index (κ2) is 8.03. The Morgan fingerprint density at radius 2 is 1.97 bits per heavy atom. The Morgan fingerprint density at radius 1 is 1.16 bits per heavy atom. The standard InChI is InChI=1S/C22H15ClN6O2S/c1-12-17(14-3-2-4-16-15(14)5-6-24-21(16)30)11-32-19(12)22(31)28-13-9-18(23)20(25-10-13)29-26-7-8-27-29/h2-11H,1H3,(H,24,30)(H,28,31). The van der Waals surface area contributed by atoms with Gasteiger partial charge in [-0.3, -0.25) is 9.59 Å². The molecule has 5 rings (SSSR count). The largest absolute Gasteiger partial charge is 0.329 e. The molecule has 158 valence electrons. The lowest BCUT2D eigenvalue weighted by atomic mass is 9.98. The Balaban J connectivity index is 1.45. The molecule has 0 bridgehead atoms. The molecule has 0 saturated heterocycles. The van der Waals surface area contributed by atoms with Gasteiger partial charge in [0, 0.05) is 11.6 Å². The number of pyridine rings is 2. The number of aromatic amines is 1. The summed E-state index contributed by atoms with van der Waals surface area (Å²) in [7, 11) is 0. The molecule has 0 aliphatic carbocycles. The van der Waals surface area contributed by atoms with Crippen LogP contribution in [0.1, 0.15) is 15.2 Å². The number of hydrogen-bond acceptors (Lipinski definition) is 6. The van der Waals surface area contributed by atoms with Gasteiger partial charge in [-0.05, 0) is 52.6 Å². The van der Waals surface area contributed by atoms with Crippen molar-refractivity contribution >= 4 is 45.3 Å². The van der Waals surface area contributed by atoms with Gasteiger partial charge in [0.05, 0.1) is 34.2 Å². The summed E-state index contributed by atoms with van der Waals surface area (Å²) in [6, 6.07) is 9.04. The Labute approximate surface area is 190 Å². The first-order chi connectivity index (χ1) is 15.5. The minimum atomic E-state index is -0.264. The Morgan fingerprint density at radius 3 is 2.75 bits per heavy atom. The number of aromatic nitrogens is 5. The summed E-state index contributed by atoms with van der Waals surface area (Å²) in [5, 5.41) is 14.5. The van der Waals surface area contributed by atoms with Crippen molar-refractivity contribution in [2.75, 3.05) is 5.32 Å². The van der Waals surface area contributed by atoms with Crippen LogP contribution in [0.3, 0.4) is 0 Å². The molecule has 10 heteroatoms. The van der Waals surface area contributed by atoms with Gasteiger partial charge in [-0.25, -0.2) is 4.98 Å². The number of H-pyrrole nitrogens is 1. The molecule has 0 aliphatic rings. The highest BCUT2D eigenvalue weighted by Crippen LogP contribution is 2.35. The zero-order valence-corrected chi connectivity index (χ0v) is 18.2. The lowest BCUT2D eigenvalue weighted by molar-refractivity contribution is 0.103. The van der Waals surface area contributed by atoms with Crippen LogP contribution in [-0.2, 0) is 0 Å². The van der Waals surface area contributed by atoms with Crippen molar-refractivity contribution in [2.45, 2.75) is 6.92 Å². The fraction of sp³-hybridized carbons (Fsp3) is 0.0455. The van der Waals surface area contributed by atoms with E-state index in [2.05, 4.69) is 25.5 Å². The molecule has 0 fully saturated rings. The Bertz CT molecular complexity index is 1520. The van der Waals surface area contributed by atoms with E-state index < -0.39 is 0 Å². The maximum absolute atomic E-state index is 13.0. The van der Waals surface area contributed by atoms with Crippen LogP contribution in [0, 0.1) is 6.92 Å². The van der Waals surface area contributed by atoms with E-state index in [1.807, 2.05) is 30.5 Å². The second-order valence-electron chi connectivity index (χ2n) is 6.98.